The Morgan fingerprint density at radius 3 is 2.06 bits per heavy atom. The molecule has 31 heavy (non-hydrogen) atoms. The maximum Gasteiger partial charge on any atom is 0.303 e. The quantitative estimate of drug-likeness (QED) is 0.483. The average Bonchev–Trinajstić information content (AvgIpc) is 2.68. The summed E-state index contributed by atoms with van der Waals surface area (Å²) in [6.07, 6.45) is -2.21. The number of carbonyl (C=O) groups is 4. The molecule has 1 aliphatic rings. The number of hydrogen-bond donors (Lipinski definition) is 1. The van der Waals surface area contributed by atoms with Gasteiger partial charge in [0, 0.05) is 33.6 Å². The van der Waals surface area contributed by atoms with Crippen molar-refractivity contribution in [2.24, 2.45) is 5.92 Å². The third kappa shape index (κ3) is 7.67. The molecule has 1 fully saturated rings. The highest BCUT2D eigenvalue weighted by Crippen LogP contribution is 2.33. The molecule has 1 N–H and O–H groups in total. The van der Waals surface area contributed by atoms with E-state index in [1.54, 1.807) is 0 Å². The highest BCUT2D eigenvalue weighted by atomic mass is 16.6. The zero-order chi connectivity index (χ0) is 23.0. The van der Waals surface area contributed by atoms with Crippen molar-refractivity contribution < 1.29 is 38.1 Å². The van der Waals surface area contributed by atoms with Gasteiger partial charge in [0.05, 0.1) is 25.4 Å². The zero-order valence-corrected chi connectivity index (χ0v) is 18.2. The summed E-state index contributed by atoms with van der Waals surface area (Å²) in [5.74, 6) is -2.53. The summed E-state index contributed by atoms with van der Waals surface area (Å²) in [5.41, 5.74) is 0.923. The zero-order valence-electron chi connectivity index (χ0n) is 18.2. The van der Waals surface area contributed by atoms with Gasteiger partial charge in [-0.05, 0) is 12.0 Å². The van der Waals surface area contributed by atoms with Crippen LogP contribution in [0.3, 0.4) is 0 Å². The molecule has 0 unspecified atom stereocenters. The molecular formula is C22H29NO8. The van der Waals surface area contributed by atoms with Crippen LogP contribution in [-0.4, -0.2) is 54.8 Å². The molecule has 1 saturated carbocycles. The number of ether oxygens (including phenoxy) is 4. The first-order chi connectivity index (χ1) is 14.7. The van der Waals surface area contributed by atoms with Crippen LogP contribution in [0.25, 0.3) is 0 Å². The smallest absolute Gasteiger partial charge is 0.303 e. The highest BCUT2D eigenvalue weighted by Gasteiger charge is 2.50. The van der Waals surface area contributed by atoms with E-state index in [-0.39, 0.29) is 19.1 Å². The van der Waals surface area contributed by atoms with Gasteiger partial charge >= 0.3 is 17.9 Å². The van der Waals surface area contributed by atoms with Gasteiger partial charge in [-0.1, -0.05) is 30.3 Å². The van der Waals surface area contributed by atoms with E-state index >= 15 is 0 Å². The first kappa shape index (κ1) is 24.3. The minimum absolute atomic E-state index is 0.0525. The lowest BCUT2D eigenvalue weighted by Crippen LogP contribution is -2.63. The van der Waals surface area contributed by atoms with Crippen LogP contribution in [0, 0.1) is 5.92 Å². The Hall–Kier alpha value is -2.94. The molecule has 9 heteroatoms. The van der Waals surface area contributed by atoms with Crippen molar-refractivity contribution in [2.45, 2.75) is 65.1 Å². The van der Waals surface area contributed by atoms with Crippen LogP contribution in [0.4, 0.5) is 0 Å². The Labute approximate surface area is 181 Å². The molecule has 1 aromatic rings. The topological polar surface area (TPSA) is 117 Å². The van der Waals surface area contributed by atoms with Crippen LogP contribution in [0.2, 0.25) is 0 Å². The van der Waals surface area contributed by atoms with Crippen LogP contribution in [0.1, 0.15) is 39.7 Å². The number of nitrogens with one attached hydrogen (secondary N) is 1. The number of hydrogen-bond acceptors (Lipinski definition) is 8. The molecular weight excluding hydrogens is 406 g/mol. The summed E-state index contributed by atoms with van der Waals surface area (Å²) < 4.78 is 22.2. The molecule has 0 aliphatic heterocycles. The summed E-state index contributed by atoms with van der Waals surface area (Å²) >= 11 is 0. The van der Waals surface area contributed by atoms with Crippen molar-refractivity contribution in [3.63, 3.8) is 0 Å². The number of esters is 3. The third-order valence-electron chi connectivity index (χ3n) is 4.86. The van der Waals surface area contributed by atoms with Gasteiger partial charge < -0.3 is 24.3 Å². The molecule has 0 radical (unpaired) electrons. The van der Waals surface area contributed by atoms with Gasteiger partial charge in [0.1, 0.15) is 6.10 Å². The Balaban J connectivity index is 2.35. The molecule has 5 atom stereocenters. The van der Waals surface area contributed by atoms with Gasteiger partial charge in [0.15, 0.2) is 6.10 Å². The minimum atomic E-state index is -1.01. The second-order valence-corrected chi connectivity index (χ2v) is 7.51. The standard InChI is InChI=1S/C22H29NO8/c1-13(24)23-20-19(29-11-17-8-6-5-7-9-17)10-18(12-28-14(2)25)21(30-15(3)26)22(20)31-16(4)27/h5-9,18-22H,10-12H2,1-4H3,(H,23,24)/t18-,19+,20+,21-,22-/m1/s1. The minimum Gasteiger partial charge on any atom is -0.465 e. The molecule has 1 aromatic carbocycles. The van der Waals surface area contributed by atoms with Gasteiger partial charge in [-0.15, -0.1) is 0 Å². The van der Waals surface area contributed by atoms with Crippen molar-refractivity contribution in [3.05, 3.63) is 35.9 Å². The number of rotatable bonds is 8. The summed E-state index contributed by atoms with van der Waals surface area (Å²) in [6, 6.07) is 8.69. The molecule has 0 saturated heterocycles. The van der Waals surface area contributed by atoms with Crippen molar-refractivity contribution in [2.75, 3.05) is 6.61 Å². The van der Waals surface area contributed by atoms with Crippen molar-refractivity contribution in [3.8, 4) is 0 Å². The van der Waals surface area contributed by atoms with E-state index in [2.05, 4.69) is 5.32 Å². The summed E-state index contributed by atoms with van der Waals surface area (Å²) in [7, 11) is 0. The highest BCUT2D eigenvalue weighted by molar-refractivity contribution is 5.73. The number of carbonyl (C=O) groups excluding carboxylic acids is 4. The largest absolute Gasteiger partial charge is 0.465 e. The molecule has 0 aromatic heterocycles. The molecule has 1 aliphatic carbocycles. The molecule has 9 nitrogen and oxygen atoms in total. The Morgan fingerprint density at radius 2 is 1.52 bits per heavy atom. The Morgan fingerprint density at radius 1 is 0.903 bits per heavy atom. The van der Waals surface area contributed by atoms with Gasteiger partial charge in [-0.3, -0.25) is 19.2 Å². The third-order valence-corrected chi connectivity index (χ3v) is 4.86. The fourth-order valence-electron chi connectivity index (χ4n) is 3.70. The molecule has 170 valence electrons. The van der Waals surface area contributed by atoms with Crippen molar-refractivity contribution in [1.29, 1.82) is 0 Å². The summed E-state index contributed by atoms with van der Waals surface area (Å²) in [6.45, 7) is 5.28. The number of benzene rings is 1. The van der Waals surface area contributed by atoms with Crippen LogP contribution >= 0.6 is 0 Å². The second kappa shape index (κ2) is 11.5. The molecule has 0 bridgehead atoms. The van der Waals surface area contributed by atoms with Crippen molar-refractivity contribution >= 4 is 23.8 Å². The van der Waals surface area contributed by atoms with E-state index in [4.69, 9.17) is 18.9 Å². The van der Waals surface area contributed by atoms with Crippen molar-refractivity contribution in [1.82, 2.24) is 5.32 Å². The van der Waals surface area contributed by atoms with E-state index in [1.165, 1.54) is 27.7 Å². The Bertz CT molecular complexity index is 781. The fourth-order valence-corrected chi connectivity index (χ4v) is 3.70. The van der Waals surface area contributed by atoms with Gasteiger partial charge in [0.2, 0.25) is 5.91 Å². The SMILES string of the molecule is CC(=O)N[C@@H]1[C@@H](OC(C)=O)[C@H](OC(C)=O)[C@@H](COC(C)=O)C[C@@H]1OCc1ccccc1. The lowest BCUT2D eigenvalue weighted by molar-refractivity contribution is -0.194. The van der Waals surface area contributed by atoms with Crippen LogP contribution < -0.4 is 5.32 Å². The lowest BCUT2D eigenvalue weighted by atomic mass is 9.79. The fraction of sp³-hybridized carbons (Fsp3) is 0.545. The van der Waals surface area contributed by atoms with E-state index < -0.39 is 48.2 Å². The Kier molecular flexibility index (Phi) is 8.99. The van der Waals surface area contributed by atoms with E-state index in [9.17, 15) is 19.2 Å². The summed E-state index contributed by atoms with van der Waals surface area (Å²) in [4.78, 5) is 46.9. The van der Waals surface area contributed by atoms with E-state index in [1.807, 2.05) is 30.3 Å². The molecule has 0 heterocycles. The van der Waals surface area contributed by atoms with E-state index in [0.717, 1.165) is 5.56 Å². The number of amides is 1. The summed E-state index contributed by atoms with van der Waals surface area (Å²) in [5, 5.41) is 2.77. The van der Waals surface area contributed by atoms with Crippen LogP contribution in [0.15, 0.2) is 30.3 Å². The van der Waals surface area contributed by atoms with Crippen LogP contribution in [-0.2, 0) is 44.7 Å². The van der Waals surface area contributed by atoms with Gasteiger partial charge in [-0.25, -0.2) is 0 Å². The average molecular weight is 435 g/mol. The van der Waals surface area contributed by atoms with Gasteiger partial charge in [0.25, 0.3) is 0 Å². The van der Waals surface area contributed by atoms with Gasteiger partial charge in [-0.2, -0.15) is 0 Å². The lowest BCUT2D eigenvalue weighted by Gasteiger charge is -2.45. The predicted octanol–water partition coefficient (Wildman–Crippen LogP) is 1.52. The first-order valence-electron chi connectivity index (χ1n) is 10.1. The molecule has 0 spiro atoms. The maximum absolute atomic E-state index is 11.9. The monoisotopic (exact) mass is 435 g/mol. The second-order valence-electron chi connectivity index (χ2n) is 7.51. The molecule has 1 amide bonds. The van der Waals surface area contributed by atoms with Crippen LogP contribution in [0.5, 0.6) is 0 Å². The predicted molar refractivity (Wildman–Crippen MR) is 108 cm³/mol. The molecule has 2 rings (SSSR count). The maximum atomic E-state index is 11.9. The van der Waals surface area contributed by atoms with E-state index in [0.29, 0.717) is 6.42 Å². The first-order valence-corrected chi connectivity index (χ1v) is 10.1. The normalized spacial score (nSPS) is 25.2.